The molecule has 1 saturated heterocycles. The zero-order valence-electron chi connectivity index (χ0n) is 11.2. The maximum absolute atomic E-state index is 13.5. The number of carbonyl (C=O) groups is 1. The Morgan fingerprint density at radius 1 is 1.45 bits per heavy atom. The molecule has 1 aliphatic rings. The van der Waals surface area contributed by atoms with Crippen LogP contribution in [0.2, 0.25) is 0 Å². The van der Waals surface area contributed by atoms with E-state index >= 15 is 0 Å². The molecule has 0 aliphatic carbocycles. The van der Waals surface area contributed by atoms with Gasteiger partial charge in [0.25, 0.3) is 0 Å². The third-order valence-electron chi connectivity index (χ3n) is 3.76. The Morgan fingerprint density at radius 2 is 2.10 bits per heavy atom. The van der Waals surface area contributed by atoms with Gasteiger partial charge in [0.05, 0.1) is 10.8 Å². The summed E-state index contributed by atoms with van der Waals surface area (Å²) in [5.41, 5.74) is 0.363. The number of benzene rings is 1. The van der Waals surface area contributed by atoms with Gasteiger partial charge in [-0.15, -0.1) is 0 Å². The van der Waals surface area contributed by atoms with Crippen LogP contribution < -0.4 is 0 Å². The van der Waals surface area contributed by atoms with Crippen molar-refractivity contribution < 1.29 is 22.7 Å². The lowest BCUT2D eigenvalue weighted by atomic mass is 10.0. The van der Waals surface area contributed by atoms with Crippen LogP contribution in [-0.2, 0) is 14.8 Å². The fraction of sp³-hybridized carbons (Fsp3) is 0.462. The molecule has 1 aliphatic heterocycles. The molecular weight excluding hydrogens is 285 g/mol. The van der Waals surface area contributed by atoms with E-state index in [4.69, 9.17) is 5.11 Å². The molecule has 110 valence electrons. The molecule has 5 nitrogen and oxygen atoms in total. The molecular formula is C13H16FNO4S. The highest BCUT2D eigenvalue weighted by molar-refractivity contribution is 7.89. The number of carboxylic acid groups (broad SMARTS) is 1. The van der Waals surface area contributed by atoms with Crippen LogP contribution in [0.3, 0.4) is 0 Å². The molecule has 7 heteroatoms. The van der Waals surface area contributed by atoms with E-state index in [-0.39, 0.29) is 17.9 Å². The second-order valence-corrected chi connectivity index (χ2v) is 6.89. The molecule has 1 heterocycles. The first kappa shape index (κ1) is 14.9. The average Bonchev–Trinajstić information content (AvgIpc) is 2.75. The van der Waals surface area contributed by atoms with Gasteiger partial charge in [-0.05, 0) is 38.0 Å². The third-order valence-corrected chi connectivity index (χ3v) is 5.75. The van der Waals surface area contributed by atoms with Crippen molar-refractivity contribution in [2.75, 3.05) is 6.54 Å². The predicted molar refractivity (Wildman–Crippen MR) is 70.2 cm³/mol. The number of carboxylic acids is 1. The number of aryl methyl sites for hydroxylation is 1. The van der Waals surface area contributed by atoms with Crippen LogP contribution in [0.25, 0.3) is 0 Å². The Kier molecular flexibility index (Phi) is 3.84. The third kappa shape index (κ3) is 2.43. The molecule has 0 amide bonds. The zero-order valence-corrected chi connectivity index (χ0v) is 12.0. The van der Waals surface area contributed by atoms with E-state index in [1.807, 2.05) is 0 Å². The fourth-order valence-corrected chi connectivity index (χ4v) is 4.14. The van der Waals surface area contributed by atoms with Crippen molar-refractivity contribution in [2.24, 2.45) is 5.92 Å². The predicted octanol–water partition coefficient (Wildman–Crippen LogP) is 1.62. The SMILES string of the molecule is Cc1ccc(S(=O)(=O)N2CCC(C(=O)O)C2C)cc1F. The second-order valence-electron chi connectivity index (χ2n) is 5.00. The monoisotopic (exact) mass is 301 g/mol. The standard InChI is InChI=1S/C13H16FNO4S/c1-8-3-4-10(7-12(8)14)20(18,19)15-6-5-11(9(15)2)13(16)17/h3-4,7,9,11H,5-6H2,1-2H3,(H,16,17). The summed E-state index contributed by atoms with van der Waals surface area (Å²) in [4.78, 5) is 10.9. The summed E-state index contributed by atoms with van der Waals surface area (Å²) in [6.07, 6.45) is 0.268. The Hall–Kier alpha value is -1.47. The van der Waals surface area contributed by atoms with Crippen molar-refractivity contribution in [2.45, 2.75) is 31.2 Å². The summed E-state index contributed by atoms with van der Waals surface area (Å²) in [6.45, 7) is 3.24. The molecule has 2 unspecified atom stereocenters. The van der Waals surface area contributed by atoms with Gasteiger partial charge >= 0.3 is 5.97 Å². The summed E-state index contributed by atoms with van der Waals surface area (Å²) in [6, 6.07) is 3.08. The fourth-order valence-electron chi connectivity index (χ4n) is 2.45. The molecule has 0 aromatic heterocycles. The normalized spacial score (nSPS) is 23.9. The van der Waals surface area contributed by atoms with E-state index in [1.165, 1.54) is 12.1 Å². The second kappa shape index (κ2) is 5.14. The van der Waals surface area contributed by atoms with Crippen molar-refractivity contribution in [3.05, 3.63) is 29.6 Å². The Labute approximate surface area is 117 Å². The lowest BCUT2D eigenvalue weighted by Crippen LogP contribution is -2.37. The largest absolute Gasteiger partial charge is 0.481 e. The van der Waals surface area contributed by atoms with Crippen LogP contribution >= 0.6 is 0 Å². The number of hydrogen-bond donors (Lipinski definition) is 1. The molecule has 1 aromatic rings. The summed E-state index contributed by atoms with van der Waals surface area (Å²) < 4.78 is 39.5. The van der Waals surface area contributed by atoms with Crippen molar-refractivity contribution in [3.8, 4) is 0 Å². The van der Waals surface area contributed by atoms with Gasteiger partial charge in [-0.3, -0.25) is 4.79 Å². The first-order valence-corrected chi connectivity index (χ1v) is 7.70. The van der Waals surface area contributed by atoms with Gasteiger partial charge in [-0.25, -0.2) is 12.8 Å². The molecule has 2 rings (SSSR count). The van der Waals surface area contributed by atoms with E-state index in [2.05, 4.69) is 0 Å². The van der Waals surface area contributed by atoms with Crippen molar-refractivity contribution >= 4 is 16.0 Å². The molecule has 2 atom stereocenters. The van der Waals surface area contributed by atoms with Gasteiger partial charge in [0.2, 0.25) is 10.0 Å². The minimum absolute atomic E-state index is 0.135. The molecule has 1 fully saturated rings. The maximum Gasteiger partial charge on any atom is 0.308 e. The summed E-state index contributed by atoms with van der Waals surface area (Å²) >= 11 is 0. The zero-order chi connectivity index (χ0) is 15.1. The van der Waals surface area contributed by atoms with E-state index in [0.717, 1.165) is 10.4 Å². The average molecular weight is 301 g/mol. The molecule has 0 radical (unpaired) electrons. The molecule has 1 aromatic carbocycles. The van der Waals surface area contributed by atoms with Gasteiger partial charge in [0.15, 0.2) is 0 Å². The quantitative estimate of drug-likeness (QED) is 0.920. The summed E-state index contributed by atoms with van der Waals surface area (Å²) in [5, 5.41) is 9.04. The van der Waals surface area contributed by atoms with Crippen LogP contribution in [0.1, 0.15) is 18.9 Å². The maximum atomic E-state index is 13.5. The van der Waals surface area contributed by atoms with Gasteiger partial charge in [0, 0.05) is 12.6 Å². The van der Waals surface area contributed by atoms with Gasteiger partial charge < -0.3 is 5.11 Å². The van der Waals surface area contributed by atoms with Crippen LogP contribution in [0.5, 0.6) is 0 Å². The number of rotatable bonds is 3. The molecule has 1 N–H and O–H groups in total. The van der Waals surface area contributed by atoms with Crippen LogP contribution in [0, 0.1) is 18.7 Å². The highest BCUT2D eigenvalue weighted by atomic mass is 32.2. The number of halogens is 1. The van der Waals surface area contributed by atoms with E-state index in [9.17, 15) is 17.6 Å². The highest BCUT2D eigenvalue weighted by Gasteiger charge is 2.42. The van der Waals surface area contributed by atoms with Gasteiger partial charge in [-0.2, -0.15) is 4.31 Å². The first-order chi connectivity index (χ1) is 9.25. The Bertz CT molecular complexity index is 644. The van der Waals surface area contributed by atoms with Gasteiger partial charge in [0.1, 0.15) is 5.82 Å². The van der Waals surface area contributed by atoms with Crippen molar-refractivity contribution in [1.82, 2.24) is 4.31 Å². The number of hydrogen-bond acceptors (Lipinski definition) is 3. The number of aliphatic carboxylic acids is 1. The van der Waals surface area contributed by atoms with Crippen LogP contribution in [-0.4, -0.2) is 36.4 Å². The lowest BCUT2D eigenvalue weighted by Gasteiger charge is -2.22. The Balaban J connectivity index is 2.36. The topological polar surface area (TPSA) is 74.7 Å². The Morgan fingerprint density at radius 3 is 2.60 bits per heavy atom. The van der Waals surface area contributed by atoms with Crippen LogP contribution in [0.4, 0.5) is 4.39 Å². The highest BCUT2D eigenvalue weighted by Crippen LogP contribution is 2.30. The lowest BCUT2D eigenvalue weighted by molar-refractivity contribution is -0.142. The number of nitrogens with zero attached hydrogens (tertiary/aromatic N) is 1. The van der Waals surface area contributed by atoms with E-state index in [0.29, 0.717) is 5.56 Å². The minimum atomic E-state index is -3.86. The van der Waals surface area contributed by atoms with E-state index < -0.39 is 33.8 Å². The minimum Gasteiger partial charge on any atom is -0.481 e. The summed E-state index contributed by atoms with van der Waals surface area (Å²) in [5.74, 6) is -2.32. The molecule has 0 bridgehead atoms. The number of sulfonamides is 1. The molecule has 0 saturated carbocycles. The molecule has 20 heavy (non-hydrogen) atoms. The molecule has 0 spiro atoms. The smallest absolute Gasteiger partial charge is 0.308 e. The van der Waals surface area contributed by atoms with Crippen LogP contribution in [0.15, 0.2) is 23.1 Å². The summed E-state index contributed by atoms with van der Waals surface area (Å²) in [7, 11) is -3.86. The van der Waals surface area contributed by atoms with E-state index in [1.54, 1.807) is 13.8 Å². The first-order valence-electron chi connectivity index (χ1n) is 6.26. The van der Waals surface area contributed by atoms with Gasteiger partial charge in [-0.1, -0.05) is 6.07 Å². The van der Waals surface area contributed by atoms with Crippen molar-refractivity contribution in [3.63, 3.8) is 0 Å². The van der Waals surface area contributed by atoms with Crippen molar-refractivity contribution in [1.29, 1.82) is 0 Å².